The maximum absolute atomic E-state index is 11.8. The van der Waals surface area contributed by atoms with Crippen LogP contribution in [0.2, 0.25) is 0 Å². The Kier molecular flexibility index (Phi) is 3.74. The van der Waals surface area contributed by atoms with Crippen molar-refractivity contribution in [2.45, 2.75) is 71.1 Å². The Bertz CT molecular complexity index is 467. The van der Waals surface area contributed by atoms with E-state index < -0.39 is 0 Å². The molecule has 1 nitrogen and oxygen atoms in total. The van der Waals surface area contributed by atoms with E-state index in [1.54, 1.807) is 0 Å². The van der Waals surface area contributed by atoms with E-state index in [9.17, 15) is 4.79 Å². The van der Waals surface area contributed by atoms with Gasteiger partial charge in [0.15, 0.2) is 0 Å². The fourth-order valence-corrected chi connectivity index (χ4v) is 7.36. The first-order valence-corrected chi connectivity index (χ1v) is 9.76. The van der Waals surface area contributed by atoms with E-state index in [1.165, 1.54) is 51.4 Å². The quantitative estimate of drug-likeness (QED) is 0.624. The summed E-state index contributed by atoms with van der Waals surface area (Å²) < 4.78 is 0. The minimum absolute atomic E-state index is 0.548. The summed E-state index contributed by atoms with van der Waals surface area (Å²) in [6.07, 6.45) is 14.9. The number of allylic oxidation sites excluding steroid dienone is 1. The number of hydrogen-bond acceptors (Lipinski definition) is 1. The standard InChI is InChI=1S/C21H32O/c1-3-4-15-6-10-20-19-8-5-14-13-16(22)7-9-17(14)18(19)11-12-21(15,20)2/h3,14-15,17-20H,1,4-13H2,2H3/t14-,15?,17+,18?,19-,20?,21-/m1/s1. The van der Waals surface area contributed by atoms with Gasteiger partial charge in [0.2, 0.25) is 0 Å². The molecule has 0 aromatic carbocycles. The molecule has 0 heterocycles. The third-order valence-corrected chi connectivity index (χ3v) is 8.41. The minimum atomic E-state index is 0.548. The second-order valence-corrected chi connectivity index (χ2v) is 9.06. The van der Waals surface area contributed by atoms with Crippen molar-refractivity contribution >= 4 is 5.78 Å². The molecule has 4 aliphatic rings. The predicted molar refractivity (Wildman–Crippen MR) is 90.4 cm³/mol. The minimum Gasteiger partial charge on any atom is -0.300 e. The van der Waals surface area contributed by atoms with Gasteiger partial charge in [-0.25, -0.2) is 0 Å². The van der Waals surface area contributed by atoms with Gasteiger partial charge < -0.3 is 0 Å². The van der Waals surface area contributed by atoms with Crippen LogP contribution in [0.5, 0.6) is 0 Å². The molecule has 4 fully saturated rings. The molecule has 3 unspecified atom stereocenters. The van der Waals surface area contributed by atoms with Crippen molar-refractivity contribution in [2.75, 3.05) is 0 Å². The Hall–Kier alpha value is -0.590. The molecule has 4 saturated carbocycles. The van der Waals surface area contributed by atoms with E-state index in [1.807, 2.05) is 0 Å². The fraction of sp³-hybridized carbons (Fsp3) is 0.857. The van der Waals surface area contributed by atoms with Gasteiger partial charge in [-0.15, -0.1) is 6.58 Å². The topological polar surface area (TPSA) is 17.1 Å². The molecule has 0 bridgehead atoms. The lowest BCUT2D eigenvalue weighted by atomic mass is 9.49. The van der Waals surface area contributed by atoms with Crippen molar-refractivity contribution in [1.82, 2.24) is 0 Å². The van der Waals surface area contributed by atoms with Gasteiger partial charge in [-0.2, -0.15) is 0 Å². The summed E-state index contributed by atoms with van der Waals surface area (Å²) in [4.78, 5) is 11.8. The molecule has 0 aromatic heterocycles. The first-order chi connectivity index (χ1) is 10.6. The fourth-order valence-electron chi connectivity index (χ4n) is 7.36. The molecular formula is C21H32O. The lowest BCUT2D eigenvalue weighted by molar-refractivity contribution is -0.127. The summed E-state index contributed by atoms with van der Waals surface area (Å²) >= 11 is 0. The van der Waals surface area contributed by atoms with Crippen LogP contribution in [0.1, 0.15) is 71.1 Å². The number of Topliss-reactive ketones (excluding diaryl/α,β-unsaturated/α-hetero) is 1. The Labute approximate surface area is 135 Å². The van der Waals surface area contributed by atoms with Gasteiger partial charge in [0.1, 0.15) is 5.78 Å². The smallest absolute Gasteiger partial charge is 0.133 e. The molecule has 0 aliphatic heterocycles. The lowest BCUT2D eigenvalue weighted by Crippen LogP contribution is -2.48. The molecule has 0 amide bonds. The molecule has 122 valence electrons. The number of rotatable bonds is 2. The largest absolute Gasteiger partial charge is 0.300 e. The first-order valence-electron chi connectivity index (χ1n) is 9.76. The zero-order valence-corrected chi connectivity index (χ0v) is 14.2. The second kappa shape index (κ2) is 5.49. The van der Waals surface area contributed by atoms with Gasteiger partial charge in [-0.05, 0) is 92.3 Å². The monoisotopic (exact) mass is 300 g/mol. The van der Waals surface area contributed by atoms with Crippen LogP contribution in [0.25, 0.3) is 0 Å². The van der Waals surface area contributed by atoms with Crippen LogP contribution in [0.3, 0.4) is 0 Å². The average molecular weight is 300 g/mol. The van der Waals surface area contributed by atoms with Gasteiger partial charge in [0.25, 0.3) is 0 Å². The van der Waals surface area contributed by atoms with Crippen LogP contribution in [-0.2, 0) is 4.79 Å². The summed E-state index contributed by atoms with van der Waals surface area (Å²) in [6.45, 7) is 6.61. The zero-order valence-electron chi connectivity index (χ0n) is 14.2. The van der Waals surface area contributed by atoms with Crippen molar-refractivity contribution in [2.24, 2.45) is 40.9 Å². The summed E-state index contributed by atoms with van der Waals surface area (Å²) in [5, 5.41) is 0. The highest BCUT2D eigenvalue weighted by Gasteiger charge is 2.56. The molecule has 1 heteroatoms. The van der Waals surface area contributed by atoms with Crippen molar-refractivity contribution < 1.29 is 4.79 Å². The van der Waals surface area contributed by atoms with E-state index in [0.29, 0.717) is 11.2 Å². The van der Waals surface area contributed by atoms with Crippen LogP contribution >= 0.6 is 0 Å². The van der Waals surface area contributed by atoms with Crippen molar-refractivity contribution in [3.63, 3.8) is 0 Å². The van der Waals surface area contributed by atoms with Crippen LogP contribution in [-0.4, -0.2) is 5.78 Å². The highest BCUT2D eigenvalue weighted by atomic mass is 16.1. The SMILES string of the molecule is C=CCC1CCC2[C@@H]3CC[C@@H]4CC(=O)CC[C@@H]4C3CC[C@]12C. The highest BCUT2D eigenvalue weighted by molar-refractivity contribution is 5.79. The van der Waals surface area contributed by atoms with Crippen molar-refractivity contribution in [3.8, 4) is 0 Å². The number of hydrogen-bond donors (Lipinski definition) is 0. The number of ketones is 1. The van der Waals surface area contributed by atoms with Crippen LogP contribution < -0.4 is 0 Å². The molecule has 4 rings (SSSR count). The van der Waals surface area contributed by atoms with Crippen molar-refractivity contribution in [3.05, 3.63) is 12.7 Å². The predicted octanol–water partition coefficient (Wildman–Crippen LogP) is 5.40. The van der Waals surface area contributed by atoms with Gasteiger partial charge >= 0.3 is 0 Å². The van der Waals surface area contributed by atoms with E-state index >= 15 is 0 Å². The van der Waals surface area contributed by atoms with Gasteiger partial charge in [0, 0.05) is 12.8 Å². The lowest BCUT2D eigenvalue weighted by Gasteiger charge is -2.55. The Morgan fingerprint density at radius 3 is 2.77 bits per heavy atom. The maximum atomic E-state index is 11.8. The van der Waals surface area contributed by atoms with E-state index in [-0.39, 0.29) is 0 Å². The first kappa shape index (κ1) is 15.0. The van der Waals surface area contributed by atoms with E-state index in [0.717, 1.165) is 48.3 Å². The third kappa shape index (κ3) is 2.14. The van der Waals surface area contributed by atoms with Crippen molar-refractivity contribution in [1.29, 1.82) is 0 Å². The van der Waals surface area contributed by atoms with E-state index in [2.05, 4.69) is 19.6 Å². The second-order valence-electron chi connectivity index (χ2n) is 9.06. The van der Waals surface area contributed by atoms with Gasteiger partial charge in [-0.1, -0.05) is 13.0 Å². The molecule has 4 aliphatic carbocycles. The molecule has 0 saturated heterocycles. The number of carbonyl (C=O) groups is 1. The molecule has 0 N–H and O–H groups in total. The summed E-state index contributed by atoms with van der Waals surface area (Å²) in [7, 11) is 0. The number of fused-ring (bicyclic) bond motifs is 5. The summed E-state index contributed by atoms with van der Waals surface area (Å²) in [6, 6.07) is 0. The molecule has 0 radical (unpaired) electrons. The van der Waals surface area contributed by atoms with Crippen LogP contribution in [0, 0.1) is 40.9 Å². The van der Waals surface area contributed by atoms with Gasteiger partial charge in [-0.3, -0.25) is 4.79 Å². The molecule has 0 aromatic rings. The van der Waals surface area contributed by atoms with E-state index in [4.69, 9.17) is 0 Å². The molecule has 22 heavy (non-hydrogen) atoms. The summed E-state index contributed by atoms with van der Waals surface area (Å²) in [5.74, 6) is 5.97. The maximum Gasteiger partial charge on any atom is 0.133 e. The Balaban J connectivity index is 1.55. The van der Waals surface area contributed by atoms with Crippen LogP contribution in [0.15, 0.2) is 12.7 Å². The number of carbonyl (C=O) groups excluding carboxylic acids is 1. The Morgan fingerprint density at radius 1 is 1.09 bits per heavy atom. The molecule has 0 spiro atoms. The molecular weight excluding hydrogens is 268 g/mol. The zero-order chi connectivity index (χ0) is 15.3. The molecule has 7 atom stereocenters. The van der Waals surface area contributed by atoms with Crippen LogP contribution in [0.4, 0.5) is 0 Å². The highest BCUT2D eigenvalue weighted by Crippen LogP contribution is 2.64. The Morgan fingerprint density at radius 2 is 1.95 bits per heavy atom. The van der Waals surface area contributed by atoms with Gasteiger partial charge in [0.05, 0.1) is 0 Å². The third-order valence-electron chi connectivity index (χ3n) is 8.41. The average Bonchev–Trinajstić information content (AvgIpc) is 2.84. The summed E-state index contributed by atoms with van der Waals surface area (Å²) in [5.41, 5.74) is 0.590. The normalized spacial score (nSPS) is 50.9.